The number of rotatable bonds is 4. The van der Waals surface area contributed by atoms with E-state index in [1.807, 2.05) is 18.3 Å². The zero-order valence-corrected chi connectivity index (χ0v) is 15.4. The molecule has 1 aromatic rings. The van der Waals surface area contributed by atoms with Crippen LogP contribution < -0.4 is 10.2 Å². The molecule has 2 N–H and O–H groups in total. The molecule has 0 aliphatic carbocycles. The largest absolute Gasteiger partial charge is 0.481 e. The van der Waals surface area contributed by atoms with E-state index in [9.17, 15) is 14.7 Å². The summed E-state index contributed by atoms with van der Waals surface area (Å²) in [5.41, 5.74) is 0.102. The summed E-state index contributed by atoms with van der Waals surface area (Å²) in [4.78, 5) is 32.0. The Kier molecular flexibility index (Phi) is 5.64. The minimum Gasteiger partial charge on any atom is -0.481 e. The summed E-state index contributed by atoms with van der Waals surface area (Å²) in [5.74, 6) is 0.153. The van der Waals surface area contributed by atoms with E-state index in [-0.39, 0.29) is 12.6 Å². The first-order valence-electron chi connectivity index (χ1n) is 9.44. The SMILES string of the molecule is CC1(C(=O)O)CCN(C(=O)NCc2ccc(N3CCCCCC3)nc2)C1. The van der Waals surface area contributed by atoms with E-state index >= 15 is 0 Å². The highest BCUT2D eigenvalue weighted by molar-refractivity contribution is 5.79. The van der Waals surface area contributed by atoms with Crippen molar-refractivity contribution in [1.82, 2.24) is 15.2 Å². The van der Waals surface area contributed by atoms with Crippen molar-refractivity contribution < 1.29 is 14.7 Å². The fourth-order valence-electron chi connectivity index (χ4n) is 3.61. The average molecular weight is 360 g/mol. The molecule has 0 saturated carbocycles. The van der Waals surface area contributed by atoms with Gasteiger partial charge >= 0.3 is 12.0 Å². The lowest BCUT2D eigenvalue weighted by Crippen LogP contribution is -2.40. The molecule has 7 heteroatoms. The molecule has 7 nitrogen and oxygen atoms in total. The highest BCUT2D eigenvalue weighted by atomic mass is 16.4. The van der Waals surface area contributed by atoms with Crippen LogP contribution in [-0.2, 0) is 11.3 Å². The number of carboxylic acid groups (broad SMARTS) is 1. The quantitative estimate of drug-likeness (QED) is 0.861. The second-order valence-electron chi connectivity index (χ2n) is 7.62. The van der Waals surface area contributed by atoms with Gasteiger partial charge in [0.25, 0.3) is 0 Å². The van der Waals surface area contributed by atoms with Gasteiger partial charge in [-0.25, -0.2) is 9.78 Å². The van der Waals surface area contributed by atoms with Crippen LogP contribution in [0.25, 0.3) is 0 Å². The smallest absolute Gasteiger partial charge is 0.317 e. The van der Waals surface area contributed by atoms with Gasteiger partial charge in [0.05, 0.1) is 5.41 Å². The number of hydrogen-bond acceptors (Lipinski definition) is 4. The summed E-state index contributed by atoms with van der Waals surface area (Å²) < 4.78 is 0. The number of aliphatic carboxylic acids is 1. The van der Waals surface area contributed by atoms with Crippen LogP contribution in [0.15, 0.2) is 18.3 Å². The van der Waals surface area contributed by atoms with Crippen molar-refractivity contribution in [2.45, 2.75) is 45.6 Å². The van der Waals surface area contributed by atoms with E-state index in [0.717, 1.165) is 24.5 Å². The van der Waals surface area contributed by atoms with Gasteiger partial charge < -0.3 is 20.2 Å². The van der Waals surface area contributed by atoms with E-state index in [4.69, 9.17) is 0 Å². The maximum atomic E-state index is 12.3. The Bertz CT molecular complexity index is 641. The molecule has 2 saturated heterocycles. The number of pyridine rings is 1. The van der Waals surface area contributed by atoms with E-state index in [1.165, 1.54) is 25.7 Å². The van der Waals surface area contributed by atoms with Gasteiger partial charge in [-0.2, -0.15) is 0 Å². The fraction of sp³-hybridized carbons (Fsp3) is 0.632. The number of urea groups is 1. The normalized spacial score (nSPS) is 23.6. The molecule has 142 valence electrons. The van der Waals surface area contributed by atoms with Crippen molar-refractivity contribution in [2.24, 2.45) is 5.41 Å². The highest BCUT2D eigenvalue weighted by Crippen LogP contribution is 2.30. The van der Waals surface area contributed by atoms with Crippen molar-refractivity contribution in [1.29, 1.82) is 0 Å². The number of carbonyl (C=O) groups is 2. The maximum absolute atomic E-state index is 12.3. The first kappa shape index (κ1) is 18.5. The molecule has 0 bridgehead atoms. The zero-order valence-electron chi connectivity index (χ0n) is 15.4. The number of aromatic nitrogens is 1. The molecular formula is C19H28N4O3. The summed E-state index contributed by atoms with van der Waals surface area (Å²) in [6, 6.07) is 3.80. The number of carboxylic acids is 1. The van der Waals surface area contributed by atoms with Crippen molar-refractivity contribution in [3.8, 4) is 0 Å². The van der Waals surface area contributed by atoms with E-state index in [2.05, 4.69) is 15.2 Å². The summed E-state index contributed by atoms with van der Waals surface area (Å²) in [5, 5.41) is 12.1. The van der Waals surface area contributed by atoms with E-state index in [0.29, 0.717) is 19.5 Å². The van der Waals surface area contributed by atoms with Crippen LogP contribution in [-0.4, -0.2) is 53.2 Å². The second kappa shape index (κ2) is 7.93. The molecule has 1 atom stereocenters. The Labute approximate surface area is 154 Å². The summed E-state index contributed by atoms with van der Waals surface area (Å²) in [6.07, 6.45) is 7.30. The van der Waals surface area contributed by atoms with Crippen LogP contribution in [0.3, 0.4) is 0 Å². The molecule has 2 aliphatic rings. The lowest BCUT2D eigenvalue weighted by atomic mass is 9.90. The molecule has 26 heavy (non-hydrogen) atoms. The van der Waals surface area contributed by atoms with Crippen LogP contribution in [0, 0.1) is 5.41 Å². The first-order valence-corrected chi connectivity index (χ1v) is 9.44. The minimum absolute atomic E-state index is 0.216. The number of carbonyl (C=O) groups excluding carboxylic acids is 1. The fourth-order valence-corrected chi connectivity index (χ4v) is 3.61. The number of anilines is 1. The Morgan fingerprint density at radius 2 is 1.92 bits per heavy atom. The molecule has 2 aliphatic heterocycles. The van der Waals surface area contributed by atoms with Gasteiger partial charge in [0, 0.05) is 38.9 Å². The number of likely N-dealkylation sites (tertiary alicyclic amines) is 1. The van der Waals surface area contributed by atoms with Crippen LogP contribution >= 0.6 is 0 Å². The Morgan fingerprint density at radius 1 is 1.19 bits per heavy atom. The van der Waals surface area contributed by atoms with Crippen molar-refractivity contribution in [3.05, 3.63) is 23.9 Å². The van der Waals surface area contributed by atoms with Gasteiger partial charge in [0.15, 0.2) is 0 Å². The van der Waals surface area contributed by atoms with Gasteiger partial charge in [-0.05, 0) is 37.8 Å². The third kappa shape index (κ3) is 4.26. The van der Waals surface area contributed by atoms with Crippen LogP contribution in [0.5, 0.6) is 0 Å². The number of amides is 2. The predicted octanol–water partition coefficient (Wildman–Crippen LogP) is 2.47. The lowest BCUT2D eigenvalue weighted by Gasteiger charge is -2.22. The zero-order chi connectivity index (χ0) is 18.6. The Morgan fingerprint density at radius 3 is 2.50 bits per heavy atom. The molecule has 2 fully saturated rings. The second-order valence-corrected chi connectivity index (χ2v) is 7.62. The van der Waals surface area contributed by atoms with E-state index < -0.39 is 11.4 Å². The van der Waals surface area contributed by atoms with Gasteiger partial charge in [0.2, 0.25) is 0 Å². The molecule has 3 heterocycles. The maximum Gasteiger partial charge on any atom is 0.317 e. The van der Waals surface area contributed by atoms with Gasteiger partial charge in [-0.3, -0.25) is 4.79 Å². The third-order valence-corrected chi connectivity index (χ3v) is 5.46. The summed E-state index contributed by atoms with van der Waals surface area (Å²) in [6.45, 7) is 4.92. The summed E-state index contributed by atoms with van der Waals surface area (Å²) in [7, 11) is 0. The molecule has 1 aromatic heterocycles. The van der Waals surface area contributed by atoms with E-state index in [1.54, 1.807) is 11.8 Å². The van der Waals surface area contributed by atoms with Crippen LogP contribution in [0.1, 0.15) is 44.6 Å². The highest BCUT2D eigenvalue weighted by Gasteiger charge is 2.42. The first-order chi connectivity index (χ1) is 12.5. The Hall–Kier alpha value is -2.31. The molecule has 2 amide bonds. The number of hydrogen-bond donors (Lipinski definition) is 2. The number of nitrogens with one attached hydrogen (secondary N) is 1. The van der Waals surface area contributed by atoms with Crippen LogP contribution in [0.4, 0.5) is 10.6 Å². The Balaban J connectivity index is 1.50. The topological polar surface area (TPSA) is 85.8 Å². The molecule has 0 radical (unpaired) electrons. The molecular weight excluding hydrogens is 332 g/mol. The van der Waals surface area contributed by atoms with Crippen molar-refractivity contribution >= 4 is 17.8 Å². The predicted molar refractivity (Wildman–Crippen MR) is 99.1 cm³/mol. The average Bonchev–Trinajstić information content (AvgIpc) is 2.87. The molecule has 1 unspecified atom stereocenters. The summed E-state index contributed by atoms with van der Waals surface area (Å²) >= 11 is 0. The third-order valence-electron chi connectivity index (χ3n) is 5.46. The van der Waals surface area contributed by atoms with Crippen LogP contribution in [0.2, 0.25) is 0 Å². The van der Waals surface area contributed by atoms with Gasteiger partial charge in [-0.1, -0.05) is 18.9 Å². The lowest BCUT2D eigenvalue weighted by molar-refractivity contribution is -0.147. The minimum atomic E-state index is -0.846. The molecule has 3 rings (SSSR count). The van der Waals surface area contributed by atoms with Crippen molar-refractivity contribution in [2.75, 3.05) is 31.1 Å². The standard InChI is InChI=1S/C19H28N4O3/c1-19(17(24)25)8-11-23(14-19)18(26)21-13-15-6-7-16(20-12-15)22-9-4-2-3-5-10-22/h6-7,12H,2-5,8-11,13-14H2,1H3,(H,21,26)(H,24,25). The van der Waals surface area contributed by atoms with Crippen molar-refractivity contribution in [3.63, 3.8) is 0 Å². The monoisotopic (exact) mass is 360 g/mol. The van der Waals surface area contributed by atoms with Gasteiger partial charge in [0.1, 0.15) is 5.82 Å². The molecule has 0 spiro atoms. The molecule has 0 aromatic carbocycles. The number of nitrogens with zero attached hydrogens (tertiary/aromatic N) is 3. The van der Waals surface area contributed by atoms with Gasteiger partial charge in [-0.15, -0.1) is 0 Å².